The second-order valence-electron chi connectivity index (χ2n) is 6.88. The van der Waals surface area contributed by atoms with Crippen molar-refractivity contribution in [2.75, 3.05) is 32.8 Å². The number of benzene rings is 1. The molecule has 1 heterocycles. The van der Waals surface area contributed by atoms with Gasteiger partial charge in [-0.1, -0.05) is 32.9 Å². The molecule has 1 aliphatic rings. The molecule has 0 atom stereocenters. The van der Waals surface area contributed by atoms with E-state index in [1.165, 1.54) is 38.0 Å². The van der Waals surface area contributed by atoms with Crippen molar-refractivity contribution >= 4 is 0 Å². The Labute approximate surface area is 136 Å². The highest BCUT2D eigenvalue weighted by Gasteiger charge is 2.18. The van der Waals surface area contributed by atoms with E-state index in [0.717, 1.165) is 31.4 Å². The Balaban J connectivity index is 1.73. The smallest absolute Gasteiger partial charge is 0.119 e. The molecule has 0 amide bonds. The lowest BCUT2D eigenvalue weighted by Crippen LogP contribution is -2.36. The van der Waals surface area contributed by atoms with Gasteiger partial charge in [0.15, 0.2) is 0 Å². The first-order valence-electron chi connectivity index (χ1n) is 8.82. The lowest BCUT2D eigenvalue weighted by atomic mass is 9.96. The minimum absolute atomic E-state index is 0.572. The number of piperidine rings is 1. The molecule has 1 N–H and O–H groups in total. The summed E-state index contributed by atoms with van der Waals surface area (Å²) in [7, 11) is 0. The van der Waals surface area contributed by atoms with Crippen LogP contribution in [0.2, 0.25) is 0 Å². The highest BCUT2D eigenvalue weighted by Crippen LogP contribution is 2.20. The maximum atomic E-state index is 5.74. The Morgan fingerprint density at radius 3 is 2.45 bits per heavy atom. The van der Waals surface area contributed by atoms with Crippen LogP contribution >= 0.6 is 0 Å². The van der Waals surface area contributed by atoms with E-state index < -0.39 is 0 Å². The molecule has 0 radical (unpaired) electrons. The highest BCUT2D eigenvalue weighted by molar-refractivity contribution is 5.27. The summed E-state index contributed by atoms with van der Waals surface area (Å²) < 4.78 is 5.74. The number of hydrogen-bond donors (Lipinski definition) is 1. The molecule has 0 unspecified atom stereocenters. The molecule has 0 aromatic heterocycles. The van der Waals surface area contributed by atoms with Gasteiger partial charge in [-0.3, -0.25) is 4.90 Å². The van der Waals surface area contributed by atoms with Crippen molar-refractivity contribution in [1.82, 2.24) is 10.2 Å². The maximum absolute atomic E-state index is 5.74. The minimum atomic E-state index is 0.572. The van der Waals surface area contributed by atoms with Crippen molar-refractivity contribution in [3.05, 3.63) is 29.8 Å². The van der Waals surface area contributed by atoms with Crippen molar-refractivity contribution in [2.24, 2.45) is 11.8 Å². The molecule has 2 rings (SSSR count). The van der Waals surface area contributed by atoms with Crippen molar-refractivity contribution in [1.29, 1.82) is 0 Å². The van der Waals surface area contributed by atoms with Gasteiger partial charge in [0.1, 0.15) is 5.75 Å². The lowest BCUT2D eigenvalue weighted by molar-refractivity contribution is 0.176. The molecule has 0 bridgehead atoms. The van der Waals surface area contributed by atoms with Gasteiger partial charge in [0.05, 0.1) is 6.61 Å². The average Bonchev–Trinajstić information content (AvgIpc) is 2.53. The normalized spacial score (nSPS) is 17.1. The van der Waals surface area contributed by atoms with Gasteiger partial charge >= 0.3 is 0 Å². The van der Waals surface area contributed by atoms with E-state index in [-0.39, 0.29) is 0 Å². The predicted octanol–water partition coefficient (Wildman–Crippen LogP) is 3.54. The first-order chi connectivity index (χ1) is 10.7. The average molecular weight is 304 g/mol. The lowest BCUT2D eigenvalue weighted by Gasteiger charge is -2.32. The van der Waals surface area contributed by atoms with Gasteiger partial charge in [0, 0.05) is 6.54 Å². The zero-order valence-corrected chi connectivity index (χ0v) is 14.5. The summed E-state index contributed by atoms with van der Waals surface area (Å²) in [6, 6.07) is 8.63. The molecule has 124 valence electrons. The molecule has 22 heavy (non-hydrogen) atoms. The Bertz CT molecular complexity index is 408. The van der Waals surface area contributed by atoms with E-state index in [1.54, 1.807) is 0 Å². The van der Waals surface area contributed by atoms with Crippen LogP contribution in [-0.2, 0) is 6.54 Å². The number of nitrogens with zero attached hydrogens (tertiary/aromatic N) is 1. The topological polar surface area (TPSA) is 24.5 Å². The van der Waals surface area contributed by atoms with Crippen LogP contribution in [0, 0.1) is 11.8 Å². The second-order valence-corrected chi connectivity index (χ2v) is 6.88. The first kappa shape index (κ1) is 17.3. The zero-order chi connectivity index (χ0) is 15.8. The molecule has 1 aromatic carbocycles. The highest BCUT2D eigenvalue weighted by atomic mass is 16.5. The summed E-state index contributed by atoms with van der Waals surface area (Å²) >= 11 is 0. The third-order valence-electron chi connectivity index (χ3n) is 4.30. The van der Waals surface area contributed by atoms with Gasteiger partial charge in [0.2, 0.25) is 0 Å². The van der Waals surface area contributed by atoms with Gasteiger partial charge in [-0.15, -0.1) is 0 Å². The molecule has 1 fully saturated rings. The molecule has 0 aliphatic carbocycles. The largest absolute Gasteiger partial charge is 0.493 e. The summed E-state index contributed by atoms with van der Waals surface area (Å²) in [5.41, 5.74) is 1.39. The maximum Gasteiger partial charge on any atom is 0.119 e. The predicted molar refractivity (Wildman–Crippen MR) is 93.3 cm³/mol. The Morgan fingerprint density at radius 2 is 1.86 bits per heavy atom. The van der Waals surface area contributed by atoms with Crippen LogP contribution in [0.3, 0.4) is 0 Å². The summed E-state index contributed by atoms with van der Waals surface area (Å²) in [6.45, 7) is 13.1. The van der Waals surface area contributed by atoms with Gasteiger partial charge in [-0.25, -0.2) is 0 Å². The summed E-state index contributed by atoms with van der Waals surface area (Å²) in [5, 5.41) is 3.48. The van der Waals surface area contributed by atoms with Crippen LogP contribution in [0.4, 0.5) is 0 Å². The summed E-state index contributed by atoms with van der Waals surface area (Å²) in [4.78, 5) is 2.58. The fraction of sp³-hybridized carbons (Fsp3) is 0.684. The summed E-state index contributed by atoms with van der Waals surface area (Å²) in [6.07, 6.45) is 2.64. The molecule has 1 aromatic rings. The van der Waals surface area contributed by atoms with Gasteiger partial charge in [-0.05, 0) is 68.6 Å². The van der Waals surface area contributed by atoms with Gasteiger partial charge in [0.25, 0.3) is 0 Å². The van der Waals surface area contributed by atoms with Crippen molar-refractivity contribution in [3.8, 4) is 5.75 Å². The number of rotatable bonds is 8. The molecule has 1 saturated heterocycles. The van der Waals surface area contributed by atoms with Gasteiger partial charge in [-0.2, -0.15) is 0 Å². The van der Waals surface area contributed by atoms with Crippen LogP contribution in [-0.4, -0.2) is 37.7 Å². The number of hydrogen-bond acceptors (Lipinski definition) is 3. The van der Waals surface area contributed by atoms with E-state index in [2.05, 4.69) is 55.3 Å². The molecule has 0 saturated carbocycles. The van der Waals surface area contributed by atoms with E-state index >= 15 is 0 Å². The van der Waals surface area contributed by atoms with Crippen LogP contribution in [0.5, 0.6) is 5.75 Å². The van der Waals surface area contributed by atoms with Crippen LogP contribution in [0.25, 0.3) is 0 Å². The molecule has 0 spiro atoms. The number of likely N-dealkylation sites (tertiary alicyclic amines) is 1. The van der Waals surface area contributed by atoms with E-state index in [0.29, 0.717) is 5.92 Å². The van der Waals surface area contributed by atoms with E-state index in [4.69, 9.17) is 4.74 Å². The quantitative estimate of drug-likeness (QED) is 0.795. The first-order valence-corrected chi connectivity index (χ1v) is 8.82. The fourth-order valence-corrected chi connectivity index (χ4v) is 2.91. The van der Waals surface area contributed by atoms with Crippen molar-refractivity contribution in [2.45, 2.75) is 40.2 Å². The SMILES string of the molecule is CCNCC1CCN(Cc2ccc(OCC(C)C)cc2)CC1. The van der Waals surface area contributed by atoms with E-state index in [1.807, 2.05) is 0 Å². The Morgan fingerprint density at radius 1 is 1.18 bits per heavy atom. The van der Waals surface area contributed by atoms with Crippen LogP contribution in [0.1, 0.15) is 39.2 Å². The zero-order valence-electron chi connectivity index (χ0n) is 14.5. The second kappa shape index (κ2) is 9.16. The Hall–Kier alpha value is -1.06. The minimum Gasteiger partial charge on any atom is -0.493 e. The van der Waals surface area contributed by atoms with Crippen molar-refractivity contribution in [3.63, 3.8) is 0 Å². The standard InChI is InChI=1S/C19H32N2O/c1-4-20-13-17-9-11-21(12-10-17)14-18-5-7-19(8-6-18)22-15-16(2)3/h5-8,16-17,20H,4,9-15H2,1-3H3. The molecular formula is C19H32N2O. The third-order valence-corrected chi connectivity index (χ3v) is 4.30. The van der Waals surface area contributed by atoms with E-state index in [9.17, 15) is 0 Å². The molecular weight excluding hydrogens is 272 g/mol. The van der Waals surface area contributed by atoms with Crippen LogP contribution < -0.4 is 10.1 Å². The van der Waals surface area contributed by atoms with Gasteiger partial charge < -0.3 is 10.1 Å². The molecule has 3 nitrogen and oxygen atoms in total. The van der Waals surface area contributed by atoms with Crippen LogP contribution in [0.15, 0.2) is 24.3 Å². The number of nitrogens with one attached hydrogen (secondary N) is 1. The fourth-order valence-electron chi connectivity index (χ4n) is 2.91. The molecule has 1 aliphatic heterocycles. The Kier molecular flexibility index (Phi) is 7.20. The number of ether oxygens (including phenoxy) is 1. The summed E-state index contributed by atoms with van der Waals surface area (Å²) in [5.74, 6) is 2.42. The van der Waals surface area contributed by atoms with Crippen molar-refractivity contribution < 1.29 is 4.74 Å². The third kappa shape index (κ3) is 5.98. The molecule has 3 heteroatoms. The monoisotopic (exact) mass is 304 g/mol.